The van der Waals surface area contributed by atoms with Gasteiger partial charge in [-0.2, -0.15) is 0 Å². The van der Waals surface area contributed by atoms with Gasteiger partial charge >= 0.3 is 0 Å². The third kappa shape index (κ3) is 5.71. The highest BCUT2D eigenvalue weighted by molar-refractivity contribution is 4.90. The molecule has 0 aromatic heterocycles. The fraction of sp³-hybridized carbons (Fsp3) is 0.765. The molecule has 0 aromatic rings. The van der Waals surface area contributed by atoms with Crippen LogP contribution in [-0.4, -0.2) is 11.2 Å². The molecule has 1 N–H and O–H groups in total. The molecule has 19 heavy (non-hydrogen) atoms. The molecule has 1 rings (SSSR count). The predicted molar refractivity (Wildman–Crippen MR) is 81.0 cm³/mol. The van der Waals surface area contributed by atoms with E-state index >= 15 is 0 Å². The molecule has 0 spiro atoms. The minimum Gasteiger partial charge on any atom is -0.513 e. The second-order valence-corrected chi connectivity index (χ2v) is 6.44. The molecule has 110 valence electrons. The topological polar surface area (TPSA) is 29.5 Å². The van der Waals surface area contributed by atoms with Crippen LogP contribution in [-0.2, 0) is 4.74 Å². The van der Waals surface area contributed by atoms with Gasteiger partial charge in [-0.25, -0.2) is 0 Å². The summed E-state index contributed by atoms with van der Waals surface area (Å²) in [5, 5.41) is 9.07. The minimum atomic E-state index is 0.249. The van der Waals surface area contributed by atoms with Crippen LogP contribution in [0.15, 0.2) is 24.7 Å². The molecule has 1 fully saturated rings. The highest BCUT2D eigenvalue weighted by Gasteiger charge is 2.32. The Hall–Kier alpha value is -0.920. The number of rotatable bonds is 7. The van der Waals surface area contributed by atoms with E-state index in [1.54, 1.807) is 0 Å². The van der Waals surface area contributed by atoms with Gasteiger partial charge in [0.05, 0.1) is 11.5 Å². The average molecular weight is 266 g/mol. The molecule has 1 saturated carbocycles. The number of hydrogen-bond donors (Lipinski definition) is 1. The Morgan fingerprint density at radius 2 is 1.95 bits per heavy atom. The minimum absolute atomic E-state index is 0.249. The van der Waals surface area contributed by atoms with Gasteiger partial charge in [-0.3, -0.25) is 0 Å². The predicted octanol–water partition coefficient (Wildman–Crippen LogP) is 5.22. The standard InChI is InChI=1S/C17H30O2/c1-12(2)16-10-9-13(3)11-17(16)19-15(5)8-6-7-14(4)18/h12-13,16-18H,4-11H2,1-3H3. The Balaban J connectivity index is 2.42. The molecular formula is C17H30O2. The van der Waals surface area contributed by atoms with Crippen molar-refractivity contribution < 1.29 is 9.84 Å². The molecule has 0 aliphatic heterocycles. The molecule has 0 saturated heterocycles. The van der Waals surface area contributed by atoms with Crippen LogP contribution in [0.1, 0.15) is 59.3 Å². The summed E-state index contributed by atoms with van der Waals surface area (Å²) in [5.41, 5.74) is 0. The van der Waals surface area contributed by atoms with E-state index in [0.717, 1.165) is 30.9 Å². The summed E-state index contributed by atoms with van der Waals surface area (Å²) < 4.78 is 6.11. The van der Waals surface area contributed by atoms with Crippen LogP contribution in [0.3, 0.4) is 0 Å². The van der Waals surface area contributed by atoms with Gasteiger partial charge in [0.1, 0.15) is 6.10 Å². The maximum atomic E-state index is 9.07. The van der Waals surface area contributed by atoms with Crippen molar-refractivity contribution in [1.82, 2.24) is 0 Å². The summed E-state index contributed by atoms with van der Waals surface area (Å²) in [6.45, 7) is 14.4. The first-order valence-electron chi connectivity index (χ1n) is 7.61. The van der Waals surface area contributed by atoms with Crippen LogP contribution in [0.5, 0.6) is 0 Å². The van der Waals surface area contributed by atoms with E-state index in [0.29, 0.717) is 24.4 Å². The second-order valence-electron chi connectivity index (χ2n) is 6.44. The number of allylic oxidation sites excluding steroid dienone is 2. The van der Waals surface area contributed by atoms with Gasteiger partial charge in [0.25, 0.3) is 0 Å². The first kappa shape index (κ1) is 16.1. The molecular weight excluding hydrogens is 236 g/mol. The summed E-state index contributed by atoms with van der Waals surface area (Å²) >= 11 is 0. The zero-order valence-electron chi connectivity index (χ0n) is 12.8. The van der Waals surface area contributed by atoms with Gasteiger partial charge in [-0.05, 0) is 37.0 Å². The van der Waals surface area contributed by atoms with Crippen LogP contribution >= 0.6 is 0 Å². The smallest absolute Gasteiger partial charge is 0.101 e. The first-order valence-corrected chi connectivity index (χ1v) is 7.61. The fourth-order valence-corrected chi connectivity index (χ4v) is 3.01. The van der Waals surface area contributed by atoms with Crippen molar-refractivity contribution in [3.63, 3.8) is 0 Å². The van der Waals surface area contributed by atoms with Gasteiger partial charge in [-0.15, -0.1) is 0 Å². The van der Waals surface area contributed by atoms with Crippen molar-refractivity contribution in [2.45, 2.75) is 65.4 Å². The van der Waals surface area contributed by atoms with E-state index in [9.17, 15) is 0 Å². The van der Waals surface area contributed by atoms with Crippen LogP contribution in [0, 0.1) is 17.8 Å². The molecule has 1 aliphatic carbocycles. The van der Waals surface area contributed by atoms with E-state index in [1.807, 2.05) is 0 Å². The molecule has 1 aliphatic rings. The highest BCUT2D eigenvalue weighted by atomic mass is 16.5. The third-order valence-electron chi connectivity index (χ3n) is 4.20. The largest absolute Gasteiger partial charge is 0.513 e. The number of aliphatic hydroxyl groups is 1. The molecule has 3 unspecified atom stereocenters. The summed E-state index contributed by atoms with van der Waals surface area (Å²) in [6, 6.07) is 0. The number of ether oxygens (including phenoxy) is 1. The molecule has 0 bridgehead atoms. The maximum absolute atomic E-state index is 9.07. The summed E-state index contributed by atoms with van der Waals surface area (Å²) in [7, 11) is 0. The molecule has 0 amide bonds. The monoisotopic (exact) mass is 266 g/mol. The third-order valence-corrected chi connectivity index (χ3v) is 4.20. The lowest BCUT2D eigenvalue weighted by Gasteiger charge is -2.37. The van der Waals surface area contributed by atoms with Crippen molar-refractivity contribution in [2.75, 3.05) is 0 Å². The maximum Gasteiger partial charge on any atom is 0.101 e. The quantitative estimate of drug-likeness (QED) is 0.640. The van der Waals surface area contributed by atoms with Gasteiger partial charge in [0, 0.05) is 12.8 Å². The molecule has 3 atom stereocenters. The van der Waals surface area contributed by atoms with E-state index in [-0.39, 0.29) is 5.76 Å². The van der Waals surface area contributed by atoms with Gasteiger partial charge in [0.2, 0.25) is 0 Å². The van der Waals surface area contributed by atoms with Crippen molar-refractivity contribution in [3.8, 4) is 0 Å². The van der Waals surface area contributed by atoms with Crippen molar-refractivity contribution in [3.05, 3.63) is 24.7 Å². The molecule has 0 heterocycles. The van der Waals surface area contributed by atoms with Gasteiger partial charge < -0.3 is 9.84 Å². The Bertz CT molecular complexity index is 306. The Labute approximate surface area is 118 Å². The SMILES string of the molecule is C=C(O)CCCC(=C)OC1CC(C)CCC1C(C)C. The zero-order chi connectivity index (χ0) is 14.4. The molecule has 2 nitrogen and oxygen atoms in total. The summed E-state index contributed by atoms with van der Waals surface area (Å²) in [5.74, 6) is 3.19. The van der Waals surface area contributed by atoms with Crippen molar-refractivity contribution >= 4 is 0 Å². The van der Waals surface area contributed by atoms with E-state index in [2.05, 4.69) is 33.9 Å². The first-order chi connectivity index (χ1) is 8.90. The van der Waals surface area contributed by atoms with E-state index < -0.39 is 0 Å². The van der Waals surface area contributed by atoms with Crippen molar-refractivity contribution in [1.29, 1.82) is 0 Å². The van der Waals surface area contributed by atoms with Crippen molar-refractivity contribution in [2.24, 2.45) is 17.8 Å². The van der Waals surface area contributed by atoms with Gasteiger partial charge in [0.15, 0.2) is 0 Å². The van der Waals surface area contributed by atoms with Crippen LogP contribution in [0.2, 0.25) is 0 Å². The second kappa shape index (κ2) is 7.62. The normalized spacial score (nSPS) is 27.3. The molecule has 0 aromatic carbocycles. The Morgan fingerprint density at radius 1 is 1.26 bits per heavy atom. The lowest BCUT2D eigenvalue weighted by atomic mass is 9.75. The van der Waals surface area contributed by atoms with Crippen LogP contribution < -0.4 is 0 Å². The van der Waals surface area contributed by atoms with Crippen LogP contribution in [0.25, 0.3) is 0 Å². The lowest BCUT2D eigenvalue weighted by Crippen LogP contribution is -2.34. The number of aliphatic hydroxyl groups excluding tert-OH is 1. The zero-order valence-corrected chi connectivity index (χ0v) is 12.8. The Morgan fingerprint density at radius 3 is 2.53 bits per heavy atom. The average Bonchev–Trinajstić information content (AvgIpc) is 2.27. The van der Waals surface area contributed by atoms with E-state index in [1.165, 1.54) is 12.8 Å². The van der Waals surface area contributed by atoms with E-state index in [4.69, 9.17) is 9.84 Å². The molecule has 0 radical (unpaired) electrons. The molecule has 2 heteroatoms. The lowest BCUT2D eigenvalue weighted by molar-refractivity contribution is -0.00404. The highest BCUT2D eigenvalue weighted by Crippen LogP contribution is 2.36. The number of hydrogen-bond acceptors (Lipinski definition) is 2. The van der Waals surface area contributed by atoms with Gasteiger partial charge in [-0.1, -0.05) is 40.3 Å². The Kier molecular flexibility index (Phi) is 6.47. The fourth-order valence-electron chi connectivity index (χ4n) is 3.01. The summed E-state index contributed by atoms with van der Waals surface area (Å²) in [6.07, 6.45) is 6.38. The van der Waals surface area contributed by atoms with Crippen LogP contribution in [0.4, 0.5) is 0 Å². The summed E-state index contributed by atoms with van der Waals surface area (Å²) in [4.78, 5) is 0.